The first-order chi connectivity index (χ1) is 16.6. The van der Waals surface area contributed by atoms with Gasteiger partial charge in [0.25, 0.3) is 5.91 Å². The number of nitrogens with zero attached hydrogens (tertiary/aromatic N) is 6. The lowest BCUT2D eigenvalue weighted by Gasteiger charge is -2.26. The molecule has 0 aromatic carbocycles. The van der Waals surface area contributed by atoms with Crippen molar-refractivity contribution >= 4 is 23.2 Å². The molecule has 11 heteroatoms. The summed E-state index contributed by atoms with van der Waals surface area (Å²) in [5, 5.41) is 14.3. The van der Waals surface area contributed by atoms with Crippen LogP contribution in [0.4, 0.5) is 16.0 Å². The van der Waals surface area contributed by atoms with Crippen LogP contribution in [-0.4, -0.2) is 49.3 Å². The summed E-state index contributed by atoms with van der Waals surface area (Å²) >= 11 is 0. The van der Waals surface area contributed by atoms with Crippen LogP contribution >= 0.6 is 0 Å². The molecule has 174 valence electrons. The Balaban J connectivity index is 1.30. The molecule has 10 nitrogen and oxygen atoms in total. The molecule has 0 unspecified atom stereocenters. The number of carbonyl (C=O) groups excluding carboxylic acids is 1. The number of nitrogens with one attached hydrogen (secondary N) is 2. The van der Waals surface area contributed by atoms with E-state index >= 15 is 0 Å². The van der Waals surface area contributed by atoms with E-state index < -0.39 is 5.82 Å². The van der Waals surface area contributed by atoms with Gasteiger partial charge in [-0.1, -0.05) is 0 Å². The molecule has 0 bridgehead atoms. The fourth-order valence-corrected chi connectivity index (χ4v) is 4.58. The molecule has 1 aliphatic carbocycles. The summed E-state index contributed by atoms with van der Waals surface area (Å²) in [6.07, 6.45) is 8.42. The number of hydrogen-bond acceptors (Lipinski definition) is 7. The number of ether oxygens (including phenoxy) is 1. The second-order valence-corrected chi connectivity index (χ2v) is 8.65. The third kappa shape index (κ3) is 3.62. The minimum absolute atomic E-state index is 0.141. The Morgan fingerprint density at radius 2 is 2.15 bits per heavy atom. The van der Waals surface area contributed by atoms with E-state index in [9.17, 15) is 9.18 Å². The molecule has 34 heavy (non-hydrogen) atoms. The molecule has 2 fully saturated rings. The Kier molecular flexibility index (Phi) is 4.89. The summed E-state index contributed by atoms with van der Waals surface area (Å²) in [4.78, 5) is 23.9. The van der Waals surface area contributed by atoms with Crippen molar-refractivity contribution in [2.45, 2.75) is 37.6 Å². The second kappa shape index (κ2) is 8.08. The highest BCUT2D eigenvalue weighted by atomic mass is 19.1. The first-order valence-corrected chi connectivity index (χ1v) is 11.3. The zero-order chi connectivity index (χ0) is 23.2. The largest absolute Gasteiger partial charge is 0.481 e. The normalized spacial score (nSPS) is 17.9. The van der Waals surface area contributed by atoms with Crippen molar-refractivity contribution in [3.63, 3.8) is 0 Å². The van der Waals surface area contributed by atoms with Crippen LogP contribution in [0.15, 0.2) is 36.8 Å². The van der Waals surface area contributed by atoms with Crippen LogP contribution in [0.5, 0.6) is 5.88 Å². The number of amides is 1. The van der Waals surface area contributed by atoms with E-state index in [0.717, 1.165) is 44.1 Å². The first kappa shape index (κ1) is 20.6. The molecule has 0 spiro atoms. The number of carbonyl (C=O) groups is 1. The predicted molar refractivity (Wildman–Crippen MR) is 122 cm³/mol. The minimum Gasteiger partial charge on any atom is -0.481 e. The van der Waals surface area contributed by atoms with E-state index in [0.29, 0.717) is 40.2 Å². The smallest absolute Gasteiger partial charge is 0.262 e. The maximum atomic E-state index is 14.0. The van der Waals surface area contributed by atoms with Gasteiger partial charge in [-0.05, 0) is 37.8 Å². The number of aromatic amines is 1. The highest BCUT2D eigenvalue weighted by Crippen LogP contribution is 2.40. The summed E-state index contributed by atoms with van der Waals surface area (Å²) in [6.45, 7) is 0.736. The Morgan fingerprint density at radius 3 is 2.97 bits per heavy atom. The van der Waals surface area contributed by atoms with Gasteiger partial charge in [-0.3, -0.25) is 9.89 Å². The van der Waals surface area contributed by atoms with Gasteiger partial charge in [-0.2, -0.15) is 10.2 Å². The van der Waals surface area contributed by atoms with Crippen molar-refractivity contribution < 1.29 is 13.9 Å². The van der Waals surface area contributed by atoms with Crippen molar-refractivity contribution in [3.8, 4) is 5.88 Å². The molecule has 2 N–H and O–H groups in total. The molecule has 1 atom stereocenters. The van der Waals surface area contributed by atoms with Crippen LogP contribution < -0.4 is 15.0 Å². The maximum Gasteiger partial charge on any atom is 0.262 e. The average molecular weight is 462 g/mol. The molecule has 4 aromatic rings. The lowest BCUT2D eigenvalue weighted by molar-refractivity contribution is 0.102. The maximum absolute atomic E-state index is 14.0. The minimum atomic E-state index is -0.413. The molecule has 6 rings (SSSR count). The number of anilines is 2. The van der Waals surface area contributed by atoms with E-state index in [-0.39, 0.29) is 11.9 Å². The van der Waals surface area contributed by atoms with Gasteiger partial charge in [0, 0.05) is 36.0 Å². The van der Waals surface area contributed by atoms with Gasteiger partial charge < -0.3 is 15.0 Å². The van der Waals surface area contributed by atoms with Crippen molar-refractivity contribution in [3.05, 3.63) is 59.4 Å². The zero-order valence-corrected chi connectivity index (χ0v) is 18.5. The van der Waals surface area contributed by atoms with Crippen molar-refractivity contribution in [2.24, 2.45) is 0 Å². The molecule has 1 saturated heterocycles. The first-order valence-electron chi connectivity index (χ1n) is 11.3. The van der Waals surface area contributed by atoms with Crippen LogP contribution in [0.2, 0.25) is 0 Å². The lowest BCUT2D eigenvalue weighted by Crippen LogP contribution is -2.24. The third-order valence-corrected chi connectivity index (χ3v) is 6.40. The van der Waals surface area contributed by atoms with Crippen LogP contribution in [0, 0.1) is 5.82 Å². The van der Waals surface area contributed by atoms with Gasteiger partial charge in [-0.25, -0.2) is 18.9 Å². The number of H-pyrrole nitrogens is 1. The number of methoxy groups -OCH3 is 1. The van der Waals surface area contributed by atoms with Crippen LogP contribution in [0.25, 0.3) is 5.65 Å². The van der Waals surface area contributed by atoms with Gasteiger partial charge >= 0.3 is 0 Å². The van der Waals surface area contributed by atoms with Gasteiger partial charge in [-0.15, -0.1) is 0 Å². The highest BCUT2D eigenvalue weighted by Gasteiger charge is 2.31. The molecule has 0 radical (unpaired) electrons. The average Bonchev–Trinajstić information content (AvgIpc) is 3.23. The van der Waals surface area contributed by atoms with Crippen LogP contribution in [0.1, 0.15) is 59.3 Å². The summed E-state index contributed by atoms with van der Waals surface area (Å²) in [7, 11) is 1.53. The Bertz CT molecular complexity index is 1380. The van der Waals surface area contributed by atoms with Gasteiger partial charge in [0.05, 0.1) is 25.5 Å². The van der Waals surface area contributed by atoms with E-state index in [1.807, 2.05) is 12.1 Å². The second-order valence-electron chi connectivity index (χ2n) is 8.65. The third-order valence-electron chi connectivity index (χ3n) is 6.40. The Hall–Kier alpha value is -4.02. The number of rotatable bonds is 6. The van der Waals surface area contributed by atoms with Crippen molar-refractivity contribution in [2.75, 3.05) is 23.9 Å². The summed E-state index contributed by atoms with van der Waals surface area (Å²) in [6, 6.07) is 5.04. The van der Waals surface area contributed by atoms with Crippen LogP contribution in [0.3, 0.4) is 0 Å². The molecule has 1 amide bonds. The van der Waals surface area contributed by atoms with E-state index in [1.54, 1.807) is 10.7 Å². The van der Waals surface area contributed by atoms with Crippen molar-refractivity contribution in [1.29, 1.82) is 0 Å². The monoisotopic (exact) mass is 462 g/mol. The predicted octanol–water partition coefficient (Wildman–Crippen LogP) is 3.47. The molecule has 4 aromatic heterocycles. The number of hydrogen-bond donors (Lipinski definition) is 2. The highest BCUT2D eigenvalue weighted by molar-refractivity contribution is 6.07. The van der Waals surface area contributed by atoms with Gasteiger partial charge in [0.1, 0.15) is 17.2 Å². The number of fused-ring (bicyclic) bond motifs is 1. The topological polar surface area (TPSA) is 113 Å². The number of pyridine rings is 1. The van der Waals surface area contributed by atoms with Gasteiger partial charge in [0.2, 0.25) is 5.88 Å². The molecular formula is C23H23FN8O2. The van der Waals surface area contributed by atoms with Crippen molar-refractivity contribution in [1.82, 2.24) is 29.8 Å². The molecule has 2 aliphatic rings. The SMILES string of the molecule is COc1ncc(F)cc1[C@H]1CCCN1c1ccn2ncc(C(=O)Nc3cc(C4CC4)[nH]n3)c2n1. The Labute approximate surface area is 194 Å². The molecule has 5 heterocycles. The standard InChI is InChI=1S/C23H23FN8O2/c1-34-23-15(9-14(24)11-25-23)18-3-2-7-31(18)20-6-8-32-21(28-20)16(12-26-32)22(33)27-19-10-17(29-30-19)13-4-5-13/h6,8-13,18H,2-5,7H2,1H3,(H2,27,29,30,33)/t18-/m1/s1. The fraction of sp³-hybridized carbons (Fsp3) is 0.348. The summed E-state index contributed by atoms with van der Waals surface area (Å²) < 4.78 is 20.9. The van der Waals surface area contributed by atoms with E-state index in [1.165, 1.54) is 19.4 Å². The quantitative estimate of drug-likeness (QED) is 0.451. The van der Waals surface area contributed by atoms with Crippen LogP contribution in [-0.2, 0) is 0 Å². The van der Waals surface area contributed by atoms with E-state index in [2.05, 4.69) is 30.5 Å². The Morgan fingerprint density at radius 1 is 1.26 bits per heavy atom. The number of halogens is 1. The number of aromatic nitrogens is 6. The molecule has 1 saturated carbocycles. The van der Waals surface area contributed by atoms with E-state index in [4.69, 9.17) is 9.72 Å². The van der Waals surface area contributed by atoms with Gasteiger partial charge in [0.15, 0.2) is 11.5 Å². The summed E-state index contributed by atoms with van der Waals surface area (Å²) in [5.74, 6) is 1.32. The summed E-state index contributed by atoms with van der Waals surface area (Å²) in [5.41, 5.74) is 2.50. The lowest BCUT2D eigenvalue weighted by atomic mass is 10.1. The molecular weight excluding hydrogens is 439 g/mol. The molecule has 1 aliphatic heterocycles. The zero-order valence-electron chi connectivity index (χ0n) is 18.5. The fourth-order valence-electron chi connectivity index (χ4n) is 4.58.